The molecule has 2 atom stereocenters. The van der Waals surface area contributed by atoms with E-state index in [1.54, 1.807) is 19.0 Å². The Morgan fingerprint density at radius 3 is 2.79 bits per heavy atom. The number of aromatic nitrogens is 3. The molecule has 0 aromatic carbocycles. The van der Waals surface area contributed by atoms with Crippen LogP contribution in [0.2, 0.25) is 0 Å². The Morgan fingerprint density at radius 1 is 1.45 bits per heavy atom. The van der Waals surface area contributed by atoms with Crippen molar-refractivity contribution >= 4 is 12.1 Å². The summed E-state index contributed by atoms with van der Waals surface area (Å²) < 4.78 is 7.41. The lowest BCUT2D eigenvalue weighted by Crippen LogP contribution is -2.48. The molecular formula is C20H37N7O2. The van der Waals surface area contributed by atoms with Crippen LogP contribution in [0.4, 0.5) is 4.79 Å². The molecule has 0 saturated heterocycles. The summed E-state index contributed by atoms with van der Waals surface area (Å²) >= 11 is 0. The van der Waals surface area contributed by atoms with Gasteiger partial charge in [-0.15, -0.1) is 0 Å². The first-order valence-corrected chi connectivity index (χ1v) is 10.4. The molecule has 2 heterocycles. The van der Waals surface area contributed by atoms with Crippen LogP contribution in [-0.2, 0) is 24.1 Å². The molecule has 1 aliphatic rings. The van der Waals surface area contributed by atoms with Gasteiger partial charge in [-0.05, 0) is 33.1 Å². The number of aliphatic imine (C=N–C) groups is 1. The lowest BCUT2D eigenvalue weighted by atomic mass is 10.1. The number of hydrogen-bond acceptors (Lipinski definition) is 5. The molecule has 1 aliphatic heterocycles. The number of guanidine groups is 1. The Hall–Kier alpha value is -2.32. The van der Waals surface area contributed by atoms with Gasteiger partial charge in [0.1, 0.15) is 11.4 Å². The van der Waals surface area contributed by atoms with E-state index in [2.05, 4.69) is 39.6 Å². The van der Waals surface area contributed by atoms with Crippen molar-refractivity contribution in [3.8, 4) is 0 Å². The molecular weight excluding hydrogens is 370 g/mol. The van der Waals surface area contributed by atoms with Crippen molar-refractivity contribution in [1.29, 1.82) is 0 Å². The van der Waals surface area contributed by atoms with Gasteiger partial charge in [0.2, 0.25) is 0 Å². The Labute approximate surface area is 174 Å². The second-order valence-corrected chi connectivity index (χ2v) is 8.78. The summed E-state index contributed by atoms with van der Waals surface area (Å²) in [6.45, 7) is 11.9. The summed E-state index contributed by atoms with van der Waals surface area (Å²) in [5, 5.41) is 11.4. The SMILES string of the molecule is CCc1nc2n(n1)CC(NC(=NC)NCC(C)CN(C)C(=O)OC(C)(C)C)CC2. The lowest BCUT2D eigenvalue weighted by molar-refractivity contribution is 0.0278. The van der Waals surface area contributed by atoms with Crippen LogP contribution < -0.4 is 10.6 Å². The van der Waals surface area contributed by atoms with Crippen LogP contribution in [0.15, 0.2) is 4.99 Å². The summed E-state index contributed by atoms with van der Waals surface area (Å²) in [5.41, 5.74) is -0.485. The normalized spacial score (nSPS) is 18.0. The quantitative estimate of drug-likeness (QED) is 0.552. The Kier molecular flexibility index (Phi) is 7.87. The zero-order chi connectivity index (χ0) is 21.6. The molecule has 9 heteroatoms. The average molecular weight is 408 g/mol. The van der Waals surface area contributed by atoms with Crippen molar-refractivity contribution in [2.75, 3.05) is 27.2 Å². The highest BCUT2D eigenvalue weighted by Crippen LogP contribution is 2.13. The monoisotopic (exact) mass is 407 g/mol. The molecule has 0 radical (unpaired) electrons. The number of carbonyl (C=O) groups excluding carboxylic acids is 1. The maximum absolute atomic E-state index is 12.1. The maximum atomic E-state index is 12.1. The number of rotatable bonds is 6. The topological polar surface area (TPSA) is 96.7 Å². The summed E-state index contributed by atoms with van der Waals surface area (Å²) in [6, 6.07) is 0.264. The molecule has 0 aliphatic carbocycles. The summed E-state index contributed by atoms with van der Waals surface area (Å²) in [6.07, 6.45) is 2.47. The number of carbonyl (C=O) groups is 1. The van der Waals surface area contributed by atoms with Gasteiger partial charge >= 0.3 is 6.09 Å². The molecule has 164 valence electrons. The minimum absolute atomic E-state index is 0.242. The number of aryl methyl sites for hydroxylation is 2. The average Bonchev–Trinajstić information content (AvgIpc) is 3.06. The van der Waals surface area contributed by atoms with E-state index in [9.17, 15) is 4.79 Å². The number of nitrogens with zero attached hydrogens (tertiary/aromatic N) is 5. The summed E-state index contributed by atoms with van der Waals surface area (Å²) in [4.78, 5) is 22.6. The van der Waals surface area contributed by atoms with E-state index >= 15 is 0 Å². The van der Waals surface area contributed by atoms with Crippen molar-refractivity contribution in [3.05, 3.63) is 11.6 Å². The third-order valence-corrected chi connectivity index (χ3v) is 4.69. The predicted molar refractivity (Wildman–Crippen MR) is 114 cm³/mol. The highest BCUT2D eigenvalue weighted by Gasteiger charge is 2.23. The van der Waals surface area contributed by atoms with E-state index in [4.69, 9.17) is 4.74 Å². The lowest BCUT2D eigenvalue weighted by Gasteiger charge is -2.28. The molecule has 0 fully saturated rings. The molecule has 9 nitrogen and oxygen atoms in total. The van der Waals surface area contributed by atoms with Crippen LogP contribution in [0.25, 0.3) is 0 Å². The molecule has 1 aromatic heterocycles. The second-order valence-electron chi connectivity index (χ2n) is 8.78. The Morgan fingerprint density at radius 2 is 2.17 bits per heavy atom. The second kappa shape index (κ2) is 9.93. The standard InChI is InChI=1S/C20H37N7O2/c1-8-16-24-17-10-9-15(13-27(17)25-16)23-18(21-6)22-11-14(2)12-26(7)19(28)29-20(3,4)5/h14-15H,8-13H2,1-7H3,(H2,21,22,23). The van der Waals surface area contributed by atoms with Crippen LogP contribution in [0.5, 0.6) is 0 Å². The van der Waals surface area contributed by atoms with E-state index in [1.165, 1.54) is 0 Å². The fourth-order valence-corrected chi connectivity index (χ4v) is 3.23. The van der Waals surface area contributed by atoms with Gasteiger partial charge in [-0.1, -0.05) is 13.8 Å². The molecule has 2 N–H and O–H groups in total. The number of ether oxygens (including phenoxy) is 1. The van der Waals surface area contributed by atoms with Gasteiger partial charge in [0.25, 0.3) is 0 Å². The fourth-order valence-electron chi connectivity index (χ4n) is 3.23. The van der Waals surface area contributed by atoms with Gasteiger partial charge < -0.3 is 20.3 Å². The van der Waals surface area contributed by atoms with Gasteiger partial charge in [0.05, 0.1) is 6.54 Å². The highest BCUT2D eigenvalue weighted by atomic mass is 16.6. The number of nitrogens with one attached hydrogen (secondary N) is 2. The van der Waals surface area contributed by atoms with Crippen LogP contribution in [-0.4, -0.2) is 70.5 Å². The third-order valence-electron chi connectivity index (χ3n) is 4.69. The molecule has 2 rings (SSSR count). The largest absolute Gasteiger partial charge is 0.444 e. The zero-order valence-electron chi connectivity index (χ0n) is 18.9. The number of hydrogen-bond donors (Lipinski definition) is 2. The van der Waals surface area contributed by atoms with E-state index in [0.717, 1.165) is 43.4 Å². The van der Waals surface area contributed by atoms with Gasteiger partial charge in [-0.2, -0.15) is 5.10 Å². The van der Waals surface area contributed by atoms with Gasteiger partial charge in [-0.25, -0.2) is 14.5 Å². The van der Waals surface area contributed by atoms with E-state index in [1.807, 2.05) is 25.5 Å². The Balaban J connectivity index is 1.78. The number of amides is 1. The van der Waals surface area contributed by atoms with Gasteiger partial charge in [-0.3, -0.25) is 4.99 Å². The molecule has 29 heavy (non-hydrogen) atoms. The molecule has 1 amide bonds. The zero-order valence-corrected chi connectivity index (χ0v) is 18.9. The minimum Gasteiger partial charge on any atom is -0.444 e. The third kappa shape index (κ3) is 7.21. The van der Waals surface area contributed by atoms with Crippen molar-refractivity contribution in [3.63, 3.8) is 0 Å². The van der Waals surface area contributed by atoms with Gasteiger partial charge in [0, 0.05) is 46.1 Å². The highest BCUT2D eigenvalue weighted by molar-refractivity contribution is 5.80. The number of fused-ring (bicyclic) bond motifs is 1. The fraction of sp³-hybridized carbons (Fsp3) is 0.800. The van der Waals surface area contributed by atoms with Crippen LogP contribution in [0.3, 0.4) is 0 Å². The van der Waals surface area contributed by atoms with Crippen LogP contribution in [0, 0.1) is 5.92 Å². The van der Waals surface area contributed by atoms with E-state index in [0.29, 0.717) is 13.1 Å². The molecule has 1 aromatic rings. The van der Waals surface area contributed by atoms with Crippen molar-refractivity contribution in [2.24, 2.45) is 10.9 Å². The Bertz CT molecular complexity index is 708. The smallest absolute Gasteiger partial charge is 0.410 e. The molecule has 0 spiro atoms. The van der Waals surface area contributed by atoms with Crippen LogP contribution >= 0.6 is 0 Å². The van der Waals surface area contributed by atoms with E-state index < -0.39 is 5.60 Å². The summed E-state index contributed by atoms with van der Waals surface area (Å²) in [7, 11) is 3.53. The predicted octanol–water partition coefficient (Wildman–Crippen LogP) is 1.82. The first-order chi connectivity index (χ1) is 13.6. The van der Waals surface area contributed by atoms with Crippen molar-refractivity contribution in [2.45, 2.75) is 72.1 Å². The first kappa shape index (κ1) is 23.0. The van der Waals surface area contributed by atoms with Crippen LogP contribution in [0.1, 0.15) is 52.7 Å². The summed E-state index contributed by atoms with van der Waals surface area (Å²) in [5.74, 6) is 2.99. The van der Waals surface area contributed by atoms with Crippen molar-refractivity contribution in [1.82, 2.24) is 30.3 Å². The van der Waals surface area contributed by atoms with Gasteiger partial charge in [0.15, 0.2) is 11.8 Å². The van der Waals surface area contributed by atoms with Crippen molar-refractivity contribution < 1.29 is 9.53 Å². The maximum Gasteiger partial charge on any atom is 0.410 e. The molecule has 2 unspecified atom stereocenters. The van der Waals surface area contributed by atoms with E-state index in [-0.39, 0.29) is 18.1 Å². The minimum atomic E-state index is -0.485. The molecule has 0 bridgehead atoms. The first-order valence-electron chi connectivity index (χ1n) is 10.4. The molecule has 0 saturated carbocycles.